The van der Waals surface area contributed by atoms with Crippen molar-refractivity contribution in [1.82, 2.24) is 9.89 Å². The van der Waals surface area contributed by atoms with Crippen molar-refractivity contribution in [1.29, 1.82) is 0 Å². The van der Waals surface area contributed by atoms with Crippen LogP contribution in [0.15, 0.2) is 59.0 Å². The second-order valence-corrected chi connectivity index (χ2v) is 17.2. The molecule has 3 saturated heterocycles. The number of nitrogens with one attached hydrogen (secondary N) is 1. The number of carboxylic acids is 1. The Labute approximate surface area is 388 Å². The Morgan fingerprint density at radius 1 is 0.706 bits per heavy atom. The summed E-state index contributed by atoms with van der Waals surface area (Å²) in [5, 5.41) is 121. The summed E-state index contributed by atoms with van der Waals surface area (Å²) in [6.07, 6.45) is -26.0. The molecule has 1 amide bonds. The van der Waals surface area contributed by atoms with Gasteiger partial charge >= 0.3 is 0 Å². The molecule has 3 fully saturated rings. The maximum atomic E-state index is 13.5. The number of benzene rings is 3. The number of hydrogen-bond donors (Lipinski definition) is 11. The lowest BCUT2D eigenvalue weighted by Gasteiger charge is -2.46. The molecule has 68 heavy (non-hydrogen) atoms. The summed E-state index contributed by atoms with van der Waals surface area (Å²) in [5.41, 5.74) is 2.41. The van der Waals surface area contributed by atoms with E-state index in [2.05, 4.69) is 5.32 Å². The molecule has 0 unspecified atom stereocenters. The number of carbonyl (C=O) groups is 2. The van der Waals surface area contributed by atoms with Crippen LogP contribution in [0.2, 0.25) is 0 Å². The molecule has 4 heterocycles. The van der Waals surface area contributed by atoms with Gasteiger partial charge in [-0.05, 0) is 35.9 Å². The van der Waals surface area contributed by atoms with E-state index in [0.29, 0.717) is 27.9 Å². The number of carbonyl (C=O) groups excluding carboxylic acids is 2. The minimum Gasteiger partial charge on any atom is -0.545 e. The van der Waals surface area contributed by atoms with Crippen LogP contribution < -0.4 is 25.3 Å². The third-order valence-electron chi connectivity index (χ3n) is 12.2. The van der Waals surface area contributed by atoms with Gasteiger partial charge in [0.2, 0.25) is 5.36 Å². The second-order valence-electron chi connectivity index (χ2n) is 17.2. The molecule has 2 aromatic carbocycles. The first-order valence-electron chi connectivity index (χ1n) is 21.7. The van der Waals surface area contributed by atoms with E-state index >= 15 is 0 Å². The molecule has 7 rings (SSSR count). The van der Waals surface area contributed by atoms with Crippen molar-refractivity contribution in [3.05, 3.63) is 71.1 Å². The number of ether oxygens (including phenoxy) is 6. The number of aliphatic hydroxyl groups excluding tert-OH is 10. The fourth-order valence-electron chi connectivity index (χ4n) is 8.30. The summed E-state index contributed by atoms with van der Waals surface area (Å²) in [7, 11) is 7.51. The Kier molecular flexibility index (Phi) is 16.1. The van der Waals surface area contributed by atoms with Gasteiger partial charge < -0.3 is 104 Å². The number of carboxylic acid groups (broad SMARTS) is 1. The summed E-state index contributed by atoms with van der Waals surface area (Å²) in [6, 6.07) is 15.2. The maximum absolute atomic E-state index is 13.5. The molecule has 0 aromatic heterocycles. The molecule has 372 valence electrons. The Morgan fingerprint density at radius 3 is 1.96 bits per heavy atom. The van der Waals surface area contributed by atoms with Gasteiger partial charge in [0, 0.05) is 66.1 Å². The zero-order valence-electron chi connectivity index (χ0n) is 37.3. The van der Waals surface area contributed by atoms with E-state index in [9.17, 15) is 65.8 Å². The first kappa shape index (κ1) is 51.1. The summed E-state index contributed by atoms with van der Waals surface area (Å²) in [5.74, 6) is -1.78. The van der Waals surface area contributed by atoms with E-state index in [-0.39, 0.29) is 23.2 Å². The molecule has 5 aliphatic rings. The number of aromatic carboxylic acids is 1. The molecule has 15 atom stereocenters. The van der Waals surface area contributed by atoms with Gasteiger partial charge in [-0.2, -0.15) is 0 Å². The maximum Gasteiger partial charge on any atom is 0.251 e. The molecule has 4 aliphatic heterocycles. The SMILES string of the molecule is CN(C)c1ccc2c(-c3ccc(C(=O)NCCO[C@H]4O[C@H](CO[C@H]5O[C@H](CO)[C@@H](O)[C@H](O)[C@@H]5O)[C@@H](O)[C@H](O[C@H]5O[C@H](CO)[C@@H](O)[C@H](O)[C@@H]5O)[C@@H]4O)cc3C(=O)[O-])c3ccc(=[N+](C)C)cc-3oc2c1. The smallest absolute Gasteiger partial charge is 0.251 e. The van der Waals surface area contributed by atoms with Crippen molar-refractivity contribution >= 4 is 28.5 Å². The van der Waals surface area contributed by atoms with Gasteiger partial charge in [-0.3, -0.25) is 4.79 Å². The van der Waals surface area contributed by atoms with E-state index in [4.69, 9.17) is 32.8 Å². The monoisotopic (exact) mass is 959 g/mol. The van der Waals surface area contributed by atoms with Gasteiger partial charge in [-0.25, -0.2) is 4.58 Å². The molecule has 0 spiro atoms. The van der Waals surface area contributed by atoms with Crippen LogP contribution in [0.3, 0.4) is 0 Å². The van der Waals surface area contributed by atoms with Crippen LogP contribution >= 0.6 is 0 Å². The molecule has 23 nitrogen and oxygen atoms in total. The van der Waals surface area contributed by atoms with E-state index in [1.165, 1.54) is 18.2 Å². The highest BCUT2D eigenvalue weighted by Crippen LogP contribution is 2.42. The number of aliphatic hydroxyl groups is 10. The van der Waals surface area contributed by atoms with Crippen molar-refractivity contribution < 1.29 is 98.6 Å². The Morgan fingerprint density at radius 2 is 1.32 bits per heavy atom. The summed E-state index contributed by atoms with van der Waals surface area (Å²) < 4.78 is 41.9. The number of amides is 1. The summed E-state index contributed by atoms with van der Waals surface area (Å²) >= 11 is 0. The lowest BCUT2D eigenvalue weighted by molar-refractivity contribution is -0.365. The second kappa shape index (κ2) is 21.5. The van der Waals surface area contributed by atoms with Crippen LogP contribution in [0.5, 0.6) is 0 Å². The van der Waals surface area contributed by atoms with Gasteiger partial charge in [0.1, 0.15) is 98.7 Å². The van der Waals surface area contributed by atoms with Crippen LogP contribution in [0.1, 0.15) is 20.7 Å². The van der Waals surface area contributed by atoms with E-state index in [1.807, 2.05) is 74.1 Å². The van der Waals surface area contributed by atoms with Crippen molar-refractivity contribution in [2.75, 3.05) is 66.1 Å². The lowest BCUT2D eigenvalue weighted by atomic mass is 9.89. The first-order valence-corrected chi connectivity index (χ1v) is 21.7. The average molecular weight is 960 g/mol. The van der Waals surface area contributed by atoms with Gasteiger partial charge in [0.15, 0.2) is 18.9 Å². The number of nitrogens with zero attached hydrogens (tertiary/aromatic N) is 2. The molecule has 0 saturated carbocycles. The quantitative estimate of drug-likeness (QED) is 0.0302. The molecule has 0 radical (unpaired) electrons. The third kappa shape index (κ3) is 10.4. The van der Waals surface area contributed by atoms with Crippen LogP contribution in [0.25, 0.3) is 33.4 Å². The fourth-order valence-corrected chi connectivity index (χ4v) is 8.30. The van der Waals surface area contributed by atoms with Crippen LogP contribution in [0.4, 0.5) is 5.69 Å². The number of fused-ring (bicyclic) bond motifs is 2. The normalized spacial score (nSPS) is 32.0. The Hall–Kier alpha value is -4.77. The molecular weight excluding hydrogens is 902 g/mol. The predicted molar refractivity (Wildman–Crippen MR) is 231 cm³/mol. The van der Waals surface area contributed by atoms with Crippen molar-refractivity contribution in [2.24, 2.45) is 0 Å². The van der Waals surface area contributed by atoms with Crippen molar-refractivity contribution in [3.8, 4) is 22.5 Å². The number of anilines is 1. The van der Waals surface area contributed by atoms with Crippen LogP contribution in [-0.4, -0.2) is 216 Å². The largest absolute Gasteiger partial charge is 0.545 e. The lowest BCUT2D eigenvalue weighted by Crippen LogP contribution is -2.65. The third-order valence-corrected chi connectivity index (χ3v) is 12.2. The number of rotatable bonds is 15. The summed E-state index contributed by atoms with van der Waals surface area (Å²) in [6.45, 7) is -2.92. The van der Waals surface area contributed by atoms with Gasteiger partial charge in [0.25, 0.3) is 5.91 Å². The standard InChI is InChI=1S/C45H57N3O20/c1-47(2)20-6-9-23-26(14-20)64-27-15-21(48(3)4)7-10-24(27)31(23)22-8-5-19(13-25(22)42(60)61)41(59)46-11-12-62-44-39(58)40(68-45-38(57)36(55)33(52)29(17-50)66-45)34(53)30(67-44)18-63-43-37(56)35(54)32(51)28(16-49)65-43/h5-10,13-15,28-30,32-40,43-45,49-58H,11-12,16-18H2,1-4H3,(H-,46,59,60,61)/t28-,29-,30-,32-,33-,34-,35+,36+,37+,38+,39+,40+,43+,44+,45-/m1/s1. The van der Waals surface area contributed by atoms with Crippen LogP contribution in [0, 0.1) is 0 Å². The number of hydrogen-bond acceptors (Lipinski definition) is 21. The van der Waals surface area contributed by atoms with Gasteiger partial charge in [-0.1, -0.05) is 6.07 Å². The highest BCUT2D eigenvalue weighted by molar-refractivity contribution is 6.09. The molecule has 23 heteroatoms. The highest BCUT2D eigenvalue weighted by atomic mass is 16.7. The Balaban J connectivity index is 1.08. The highest BCUT2D eigenvalue weighted by Gasteiger charge is 2.52. The molecule has 0 bridgehead atoms. The summed E-state index contributed by atoms with van der Waals surface area (Å²) in [4.78, 5) is 28.2. The molecule has 11 N–H and O–H groups in total. The van der Waals surface area contributed by atoms with E-state index in [1.54, 1.807) is 0 Å². The fraction of sp³-hybridized carbons (Fsp3) is 0.533. The van der Waals surface area contributed by atoms with E-state index < -0.39 is 130 Å². The van der Waals surface area contributed by atoms with Crippen molar-refractivity contribution in [3.63, 3.8) is 0 Å². The molecular formula is C45H57N3O20. The zero-order chi connectivity index (χ0) is 49.3. The Bertz CT molecular complexity index is 2440. The van der Waals surface area contributed by atoms with Crippen LogP contribution in [-0.2, 0) is 28.4 Å². The minimum absolute atomic E-state index is 0.0533. The first-order chi connectivity index (χ1) is 32.3. The molecule has 1 aliphatic carbocycles. The van der Waals surface area contributed by atoms with E-state index in [0.717, 1.165) is 11.0 Å². The topological polar surface area (TPSA) is 346 Å². The van der Waals surface area contributed by atoms with Crippen molar-refractivity contribution in [2.45, 2.75) is 92.1 Å². The average Bonchev–Trinajstić information content (AvgIpc) is 3.32. The minimum atomic E-state index is -1.95. The zero-order valence-corrected chi connectivity index (χ0v) is 37.3. The van der Waals surface area contributed by atoms with Gasteiger partial charge in [0.05, 0.1) is 38.5 Å². The predicted octanol–water partition coefficient (Wildman–Crippen LogP) is -5.14. The van der Waals surface area contributed by atoms with Gasteiger partial charge in [-0.15, -0.1) is 0 Å². The molecule has 2 aromatic rings.